The summed E-state index contributed by atoms with van der Waals surface area (Å²) in [6.45, 7) is 3.27. The zero-order chi connectivity index (χ0) is 14.5. The van der Waals surface area contributed by atoms with Crippen molar-refractivity contribution in [3.63, 3.8) is 0 Å². The summed E-state index contributed by atoms with van der Waals surface area (Å²) < 4.78 is 0.856. The lowest BCUT2D eigenvalue weighted by Gasteiger charge is -2.16. The predicted octanol–water partition coefficient (Wildman–Crippen LogP) is 4.07. The first-order valence-corrected chi connectivity index (χ1v) is 7.37. The Morgan fingerprint density at radius 1 is 1.15 bits per heavy atom. The molecule has 104 valence electrons. The van der Waals surface area contributed by atoms with Gasteiger partial charge in [-0.05, 0) is 25.6 Å². The fourth-order valence-electron chi connectivity index (χ4n) is 2.20. The molecule has 3 heteroatoms. The molecule has 0 heterocycles. The van der Waals surface area contributed by atoms with Gasteiger partial charge in [-0.2, -0.15) is 0 Å². The van der Waals surface area contributed by atoms with Crippen LogP contribution in [0.25, 0.3) is 0 Å². The summed E-state index contributed by atoms with van der Waals surface area (Å²) in [7, 11) is 1.97. The Kier molecular flexibility index (Phi) is 5.10. The number of Topliss-reactive ketones (excluding diaryl/α,β-unsaturated/α-hetero) is 1. The second kappa shape index (κ2) is 6.82. The van der Waals surface area contributed by atoms with E-state index in [-0.39, 0.29) is 5.78 Å². The second-order valence-electron chi connectivity index (χ2n) is 5.06. The number of benzene rings is 2. The molecule has 20 heavy (non-hydrogen) atoms. The van der Waals surface area contributed by atoms with Gasteiger partial charge < -0.3 is 0 Å². The molecule has 2 rings (SSSR count). The highest BCUT2D eigenvalue weighted by Crippen LogP contribution is 2.17. The molecule has 0 saturated heterocycles. The first-order chi connectivity index (χ1) is 9.56. The summed E-state index contributed by atoms with van der Waals surface area (Å²) in [4.78, 5) is 14.3. The summed E-state index contributed by atoms with van der Waals surface area (Å²) >= 11 is 3.42. The van der Waals surface area contributed by atoms with Gasteiger partial charge in [-0.1, -0.05) is 64.0 Å². The Bertz CT molecular complexity index is 609. The highest BCUT2D eigenvalue weighted by Gasteiger charge is 2.12. The number of carbonyl (C=O) groups excluding carboxylic acids is 1. The number of halogens is 1. The van der Waals surface area contributed by atoms with Crippen molar-refractivity contribution in [3.05, 3.63) is 69.7 Å². The molecule has 0 radical (unpaired) electrons. The van der Waals surface area contributed by atoms with Gasteiger partial charge in [-0.3, -0.25) is 9.69 Å². The molecule has 2 aromatic carbocycles. The molecular formula is C17H18BrNO. The van der Waals surface area contributed by atoms with Gasteiger partial charge in [0.2, 0.25) is 0 Å². The van der Waals surface area contributed by atoms with Crippen LogP contribution in [0.1, 0.15) is 21.5 Å². The van der Waals surface area contributed by atoms with E-state index in [2.05, 4.69) is 41.1 Å². The quantitative estimate of drug-likeness (QED) is 0.769. The number of nitrogens with zero attached hydrogens (tertiary/aromatic N) is 1. The van der Waals surface area contributed by atoms with Gasteiger partial charge in [-0.15, -0.1) is 0 Å². The van der Waals surface area contributed by atoms with Crippen LogP contribution >= 0.6 is 15.9 Å². The number of hydrogen-bond acceptors (Lipinski definition) is 2. The fraction of sp³-hybridized carbons (Fsp3) is 0.235. The van der Waals surface area contributed by atoms with Crippen LogP contribution in [-0.4, -0.2) is 24.3 Å². The maximum atomic E-state index is 12.3. The Balaban J connectivity index is 2.00. The molecule has 0 aromatic heterocycles. The Hall–Kier alpha value is -1.45. The van der Waals surface area contributed by atoms with Gasteiger partial charge in [0.1, 0.15) is 0 Å². The minimum atomic E-state index is 0.132. The topological polar surface area (TPSA) is 20.3 Å². The van der Waals surface area contributed by atoms with E-state index >= 15 is 0 Å². The van der Waals surface area contributed by atoms with Crippen molar-refractivity contribution in [2.24, 2.45) is 0 Å². The third-order valence-electron chi connectivity index (χ3n) is 3.12. The van der Waals surface area contributed by atoms with Crippen LogP contribution in [0.4, 0.5) is 0 Å². The summed E-state index contributed by atoms with van der Waals surface area (Å²) in [5.41, 5.74) is 3.21. The number of hydrogen-bond donors (Lipinski definition) is 0. The van der Waals surface area contributed by atoms with Crippen molar-refractivity contribution in [2.75, 3.05) is 13.6 Å². The van der Waals surface area contributed by atoms with Gasteiger partial charge in [0, 0.05) is 16.6 Å². The predicted molar refractivity (Wildman–Crippen MR) is 86.0 cm³/mol. The largest absolute Gasteiger partial charge is 0.295 e. The molecule has 0 aliphatic carbocycles. The molecule has 0 fully saturated rings. The molecule has 2 nitrogen and oxygen atoms in total. The Morgan fingerprint density at radius 3 is 2.60 bits per heavy atom. The molecule has 0 bridgehead atoms. The third kappa shape index (κ3) is 4.02. The standard InChI is InChI=1S/C17H18BrNO/c1-13-6-5-7-14(10-13)11-19(2)12-17(20)15-8-3-4-9-16(15)18/h3-10H,11-12H2,1-2H3. The molecule has 0 N–H and O–H groups in total. The number of carbonyl (C=O) groups is 1. The molecule has 2 aromatic rings. The second-order valence-corrected chi connectivity index (χ2v) is 5.92. The van der Waals surface area contributed by atoms with Crippen molar-refractivity contribution in [3.8, 4) is 0 Å². The van der Waals surface area contributed by atoms with Crippen LogP contribution in [0.3, 0.4) is 0 Å². The number of likely N-dealkylation sites (N-methyl/N-ethyl adjacent to an activating group) is 1. The van der Waals surface area contributed by atoms with Crippen LogP contribution in [0.2, 0.25) is 0 Å². The van der Waals surface area contributed by atoms with E-state index in [1.807, 2.05) is 42.3 Å². The molecule has 0 unspecified atom stereocenters. The van der Waals surface area contributed by atoms with Gasteiger partial charge in [0.25, 0.3) is 0 Å². The maximum Gasteiger partial charge on any atom is 0.177 e. The smallest absolute Gasteiger partial charge is 0.177 e. The zero-order valence-electron chi connectivity index (χ0n) is 11.8. The number of rotatable bonds is 5. The third-order valence-corrected chi connectivity index (χ3v) is 3.81. The summed E-state index contributed by atoms with van der Waals surface area (Å²) in [6, 6.07) is 15.9. The van der Waals surface area contributed by atoms with Crippen molar-refractivity contribution >= 4 is 21.7 Å². The minimum absolute atomic E-state index is 0.132. The number of ketones is 1. The van der Waals surface area contributed by atoms with Crippen LogP contribution in [0.15, 0.2) is 53.0 Å². The summed E-state index contributed by atoms with van der Waals surface area (Å²) in [5, 5.41) is 0. The van der Waals surface area contributed by atoms with E-state index in [1.165, 1.54) is 11.1 Å². The first-order valence-electron chi connectivity index (χ1n) is 6.58. The van der Waals surface area contributed by atoms with Gasteiger partial charge in [-0.25, -0.2) is 0 Å². The average molecular weight is 332 g/mol. The SMILES string of the molecule is Cc1cccc(CN(C)CC(=O)c2ccccc2Br)c1. The lowest BCUT2D eigenvalue weighted by atomic mass is 10.1. The van der Waals surface area contributed by atoms with Crippen molar-refractivity contribution < 1.29 is 4.79 Å². The molecule has 0 amide bonds. The monoisotopic (exact) mass is 331 g/mol. The van der Waals surface area contributed by atoms with Gasteiger partial charge >= 0.3 is 0 Å². The van der Waals surface area contributed by atoms with E-state index in [4.69, 9.17) is 0 Å². The van der Waals surface area contributed by atoms with E-state index in [0.29, 0.717) is 6.54 Å². The minimum Gasteiger partial charge on any atom is -0.295 e. The van der Waals surface area contributed by atoms with Gasteiger partial charge in [0.15, 0.2) is 5.78 Å². The van der Waals surface area contributed by atoms with E-state index in [0.717, 1.165) is 16.6 Å². The highest BCUT2D eigenvalue weighted by atomic mass is 79.9. The lowest BCUT2D eigenvalue weighted by Crippen LogP contribution is -2.25. The first kappa shape index (κ1) is 14.9. The van der Waals surface area contributed by atoms with E-state index in [9.17, 15) is 4.79 Å². The van der Waals surface area contributed by atoms with Crippen LogP contribution in [0, 0.1) is 6.92 Å². The van der Waals surface area contributed by atoms with E-state index in [1.54, 1.807) is 0 Å². The maximum absolute atomic E-state index is 12.3. The summed E-state index contributed by atoms with van der Waals surface area (Å²) in [5.74, 6) is 0.132. The van der Waals surface area contributed by atoms with Crippen molar-refractivity contribution in [1.82, 2.24) is 4.90 Å². The van der Waals surface area contributed by atoms with Crippen LogP contribution in [-0.2, 0) is 6.54 Å². The van der Waals surface area contributed by atoms with Crippen molar-refractivity contribution in [2.45, 2.75) is 13.5 Å². The molecule has 0 aliphatic heterocycles. The molecular weight excluding hydrogens is 314 g/mol. The van der Waals surface area contributed by atoms with Crippen LogP contribution < -0.4 is 0 Å². The Labute approximate surface area is 128 Å². The molecule has 0 aliphatic rings. The number of aryl methyl sites for hydroxylation is 1. The average Bonchev–Trinajstić information content (AvgIpc) is 2.38. The molecule has 0 atom stereocenters. The Morgan fingerprint density at radius 2 is 1.90 bits per heavy atom. The van der Waals surface area contributed by atoms with E-state index < -0.39 is 0 Å². The van der Waals surface area contributed by atoms with Crippen molar-refractivity contribution in [1.29, 1.82) is 0 Å². The molecule has 0 spiro atoms. The van der Waals surface area contributed by atoms with Gasteiger partial charge in [0.05, 0.1) is 6.54 Å². The fourth-order valence-corrected chi connectivity index (χ4v) is 2.70. The normalized spacial score (nSPS) is 10.8. The highest BCUT2D eigenvalue weighted by molar-refractivity contribution is 9.10. The molecule has 0 saturated carbocycles. The van der Waals surface area contributed by atoms with Crippen LogP contribution in [0.5, 0.6) is 0 Å². The zero-order valence-corrected chi connectivity index (χ0v) is 13.4. The lowest BCUT2D eigenvalue weighted by molar-refractivity contribution is 0.0942. The summed E-state index contributed by atoms with van der Waals surface area (Å²) in [6.07, 6.45) is 0.